The molecule has 3 saturated heterocycles. The predicted octanol–water partition coefficient (Wildman–Crippen LogP) is 2.07. The molecule has 0 saturated carbocycles. The van der Waals surface area contributed by atoms with Crippen molar-refractivity contribution in [2.75, 3.05) is 39.4 Å². The second kappa shape index (κ2) is 6.08. The number of hydrogen-bond acceptors (Lipinski definition) is 3. The summed E-state index contributed by atoms with van der Waals surface area (Å²) in [4.78, 5) is 15.6. The molecule has 3 aliphatic rings. The summed E-state index contributed by atoms with van der Waals surface area (Å²) in [5.74, 6) is 1.52. The first kappa shape index (κ1) is 15.4. The lowest BCUT2D eigenvalue weighted by Gasteiger charge is -2.39. The van der Waals surface area contributed by atoms with Crippen LogP contribution in [0, 0.1) is 11.8 Å². The van der Waals surface area contributed by atoms with Gasteiger partial charge in [0.25, 0.3) is 0 Å². The van der Waals surface area contributed by atoms with Gasteiger partial charge in [-0.3, -0.25) is 4.79 Å². The van der Waals surface area contributed by atoms with E-state index in [4.69, 9.17) is 16.3 Å². The minimum Gasteiger partial charge on any atom is -0.381 e. The minimum atomic E-state index is -0.463. The van der Waals surface area contributed by atoms with Crippen LogP contribution in [0.4, 0.5) is 0 Å². The number of carbonyl (C=O) groups is 1. The van der Waals surface area contributed by atoms with Crippen LogP contribution in [-0.2, 0) is 14.9 Å². The van der Waals surface area contributed by atoms with Crippen molar-refractivity contribution < 1.29 is 9.53 Å². The molecule has 0 aromatic heterocycles. The van der Waals surface area contributed by atoms with E-state index >= 15 is 0 Å². The number of fused-ring (bicyclic) bond motifs is 1. The Morgan fingerprint density at radius 2 is 1.91 bits per heavy atom. The maximum absolute atomic E-state index is 13.5. The van der Waals surface area contributed by atoms with Gasteiger partial charge in [0, 0.05) is 44.4 Å². The van der Waals surface area contributed by atoms with Crippen LogP contribution >= 0.6 is 11.6 Å². The Balaban J connectivity index is 1.64. The molecule has 4 rings (SSSR count). The number of ether oxygens (including phenoxy) is 1. The van der Waals surface area contributed by atoms with Crippen molar-refractivity contribution in [3.63, 3.8) is 0 Å². The zero-order chi connectivity index (χ0) is 15.9. The topological polar surface area (TPSA) is 41.6 Å². The highest BCUT2D eigenvalue weighted by molar-refractivity contribution is 6.30. The van der Waals surface area contributed by atoms with Crippen molar-refractivity contribution in [3.05, 3.63) is 34.9 Å². The van der Waals surface area contributed by atoms with Crippen LogP contribution in [0.15, 0.2) is 24.3 Å². The Hall–Kier alpha value is -1.10. The molecule has 1 aromatic rings. The Morgan fingerprint density at radius 3 is 2.57 bits per heavy atom. The molecule has 0 unspecified atom stereocenters. The van der Waals surface area contributed by atoms with E-state index in [0.29, 0.717) is 30.1 Å². The average molecular weight is 335 g/mol. The van der Waals surface area contributed by atoms with E-state index in [9.17, 15) is 4.79 Å². The van der Waals surface area contributed by atoms with Crippen molar-refractivity contribution in [2.45, 2.75) is 18.3 Å². The Morgan fingerprint density at radius 1 is 1.22 bits per heavy atom. The molecule has 3 fully saturated rings. The summed E-state index contributed by atoms with van der Waals surface area (Å²) in [6, 6.07) is 7.83. The van der Waals surface area contributed by atoms with Crippen LogP contribution in [0.2, 0.25) is 5.02 Å². The number of hydrogen-bond donors (Lipinski definition) is 1. The van der Waals surface area contributed by atoms with E-state index in [-0.39, 0.29) is 5.91 Å². The number of benzene rings is 1. The lowest BCUT2D eigenvalue weighted by Crippen LogP contribution is -2.49. The van der Waals surface area contributed by atoms with Gasteiger partial charge in [-0.2, -0.15) is 0 Å². The summed E-state index contributed by atoms with van der Waals surface area (Å²) < 4.78 is 5.55. The third-order valence-corrected chi connectivity index (χ3v) is 6.04. The number of nitrogens with zero attached hydrogens (tertiary/aromatic N) is 1. The lowest BCUT2D eigenvalue weighted by molar-refractivity contribution is -0.140. The Bertz CT molecular complexity index is 588. The number of amides is 1. The largest absolute Gasteiger partial charge is 0.381 e. The van der Waals surface area contributed by atoms with Gasteiger partial charge < -0.3 is 15.0 Å². The third kappa shape index (κ3) is 2.67. The monoisotopic (exact) mass is 334 g/mol. The highest BCUT2D eigenvalue weighted by Crippen LogP contribution is 2.40. The summed E-state index contributed by atoms with van der Waals surface area (Å²) in [7, 11) is 0. The normalized spacial score (nSPS) is 29.5. The molecule has 0 spiro atoms. The molecule has 0 aliphatic carbocycles. The van der Waals surface area contributed by atoms with Crippen LogP contribution in [0.3, 0.4) is 0 Å². The first-order chi connectivity index (χ1) is 11.2. The van der Waals surface area contributed by atoms with Gasteiger partial charge in [0.2, 0.25) is 5.91 Å². The van der Waals surface area contributed by atoms with Gasteiger partial charge in [-0.05, 0) is 42.4 Å². The molecule has 5 heteroatoms. The fourth-order valence-corrected chi connectivity index (χ4v) is 4.65. The third-order valence-electron chi connectivity index (χ3n) is 5.81. The number of likely N-dealkylation sites (tertiary alicyclic amines) is 1. The van der Waals surface area contributed by atoms with E-state index in [1.807, 2.05) is 24.3 Å². The molecule has 2 atom stereocenters. The van der Waals surface area contributed by atoms with Gasteiger partial charge in [-0.25, -0.2) is 0 Å². The zero-order valence-corrected chi connectivity index (χ0v) is 14.0. The van der Waals surface area contributed by atoms with Crippen molar-refractivity contribution in [3.8, 4) is 0 Å². The highest BCUT2D eigenvalue weighted by atomic mass is 35.5. The van der Waals surface area contributed by atoms with Crippen LogP contribution in [0.25, 0.3) is 0 Å². The molecule has 1 amide bonds. The van der Waals surface area contributed by atoms with E-state index < -0.39 is 5.41 Å². The van der Waals surface area contributed by atoms with Crippen molar-refractivity contribution >= 4 is 17.5 Å². The molecular formula is C18H23ClN2O2. The van der Waals surface area contributed by atoms with Crippen LogP contribution in [0.1, 0.15) is 18.4 Å². The van der Waals surface area contributed by atoms with E-state index in [0.717, 1.165) is 44.6 Å². The maximum Gasteiger partial charge on any atom is 0.233 e. The Labute approximate surface area is 142 Å². The van der Waals surface area contributed by atoms with Crippen molar-refractivity contribution in [1.29, 1.82) is 0 Å². The predicted molar refractivity (Wildman–Crippen MR) is 89.6 cm³/mol. The second-order valence-corrected chi connectivity index (χ2v) is 7.53. The number of nitrogens with one attached hydrogen (secondary N) is 1. The van der Waals surface area contributed by atoms with Crippen LogP contribution in [-0.4, -0.2) is 50.2 Å². The molecule has 3 aliphatic heterocycles. The van der Waals surface area contributed by atoms with Crippen LogP contribution in [0.5, 0.6) is 0 Å². The lowest BCUT2D eigenvalue weighted by atomic mass is 9.73. The summed E-state index contributed by atoms with van der Waals surface area (Å²) in [6.45, 7) is 5.14. The van der Waals surface area contributed by atoms with Gasteiger partial charge >= 0.3 is 0 Å². The minimum absolute atomic E-state index is 0.275. The first-order valence-corrected chi connectivity index (χ1v) is 8.91. The Kier molecular flexibility index (Phi) is 4.08. The second-order valence-electron chi connectivity index (χ2n) is 7.09. The van der Waals surface area contributed by atoms with Crippen LogP contribution < -0.4 is 5.32 Å². The van der Waals surface area contributed by atoms with Crippen molar-refractivity contribution in [1.82, 2.24) is 10.2 Å². The molecule has 1 N–H and O–H groups in total. The quantitative estimate of drug-likeness (QED) is 0.900. The zero-order valence-electron chi connectivity index (χ0n) is 13.3. The molecule has 23 heavy (non-hydrogen) atoms. The molecule has 3 heterocycles. The average Bonchev–Trinajstić information content (AvgIpc) is 3.16. The van der Waals surface area contributed by atoms with Crippen molar-refractivity contribution in [2.24, 2.45) is 11.8 Å². The summed E-state index contributed by atoms with van der Waals surface area (Å²) >= 11 is 6.20. The van der Waals surface area contributed by atoms with Gasteiger partial charge in [0.1, 0.15) is 0 Å². The van der Waals surface area contributed by atoms with E-state index in [1.54, 1.807) is 0 Å². The SMILES string of the molecule is O=C(N1C[C@H]2CNC[C@H]2C1)C1(c2cccc(Cl)c2)CCOCC1. The number of carbonyl (C=O) groups excluding carboxylic acids is 1. The number of rotatable bonds is 2. The number of halogens is 1. The molecule has 1 aromatic carbocycles. The first-order valence-electron chi connectivity index (χ1n) is 8.53. The van der Waals surface area contributed by atoms with Gasteiger partial charge in [-0.1, -0.05) is 23.7 Å². The molecule has 4 nitrogen and oxygen atoms in total. The fourth-order valence-electron chi connectivity index (χ4n) is 4.46. The maximum atomic E-state index is 13.5. The summed E-state index contributed by atoms with van der Waals surface area (Å²) in [6.07, 6.45) is 1.49. The summed E-state index contributed by atoms with van der Waals surface area (Å²) in [5.41, 5.74) is 0.586. The van der Waals surface area contributed by atoms with Gasteiger partial charge in [0.15, 0.2) is 0 Å². The highest BCUT2D eigenvalue weighted by Gasteiger charge is 2.48. The van der Waals surface area contributed by atoms with Gasteiger partial charge in [-0.15, -0.1) is 0 Å². The molecule has 0 radical (unpaired) electrons. The standard InChI is InChI=1S/C18H23ClN2O2/c19-16-3-1-2-15(8-16)18(4-6-23-7-5-18)17(22)21-11-13-9-20-10-14(13)12-21/h1-3,8,13-14,20H,4-7,9-12H2/t13-,14+. The molecule has 0 bridgehead atoms. The van der Waals surface area contributed by atoms with E-state index in [2.05, 4.69) is 10.2 Å². The fraction of sp³-hybridized carbons (Fsp3) is 0.611. The van der Waals surface area contributed by atoms with E-state index in [1.165, 1.54) is 0 Å². The summed E-state index contributed by atoms with van der Waals surface area (Å²) in [5, 5.41) is 4.13. The smallest absolute Gasteiger partial charge is 0.233 e. The molecule has 124 valence electrons. The van der Waals surface area contributed by atoms with Gasteiger partial charge in [0.05, 0.1) is 5.41 Å². The molecular weight excluding hydrogens is 312 g/mol.